The summed E-state index contributed by atoms with van der Waals surface area (Å²) in [6, 6.07) is 5.58. The second-order valence-corrected chi connectivity index (χ2v) is 9.03. The Morgan fingerprint density at radius 1 is 1.15 bits per heavy atom. The topological polar surface area (TPSA) is 88.8 Å². The highest BCUT2D eigenvalue weighted by Gasteiger charge is 2.50. The molecule has 2 aromatic heterocycles. The van der Waals surface area contributed by atoms with E-state index in [0.717, 1.165) is 24.6 Å². The number of carbonyl (C=O) groups excluding carboxylic acids is 1. The van der Waals surface area contributed by atoms with Gasteiger partial charge in [-0.3, -0.25) is 4.79 Å². The molecule has 1 amide bonds. The van der Waals surface area contributed by atoms with Crippen LogP contribution in [0.3, 0.4) is 0 Å². The highest BCUT2D eigenvalue weighted by molar-refractivity contribution is 5.98. The molecule has 2 saturated heterocycles. The van der Waals surface area contributed by atoms with Crippen LogP contribution in [0.1, 0.15) is 41.4 Å². The van der Waals surface area contributed by atoms with Gasteiger partial charge in [0.05, 0.1) is 42.1 Å². The maximum absolute atomic E-state index is 13.9. The summed E-state index contributed by atoms with van der Waals surface area (Å²) in [5, 5.41) is 11.5. The van der Waals surface area contributed by atoms with Crippen molar-refractivity contribution in [2.45, 2.75) is 44.9 Å². The fraction of sp³-hybridized carbons (Fsp3) is 0.435. The number of aryl methyl sites for hydroxylation is 1. The number of alkyl halides is 3. The number of nitrogens with one attached hydrogen (secondary N) is 1. The third-order valence-electron chi connectivity index (χ3n) is 6.94. The van der Waals surface area contributed by atoms with Crippen LogP contribution in [0.2, 0.25) is 0 Å². The summed E-state index contributed by atoms with van der Waals surface area (Å²) in [7, 11) is 0. The van der Waals surface area contributed by atoms with Crippen molar-refractivity contribution in [1.29, 1.82) is 0 Å². The third kappa shape index (κ3) is 3.99. The zero-order chi connectivity index (χ0) is 24.0. The molecule has 3 fully saturated rings. The van der Waals surface area contributed by atoms with E-state index in [-0.39, 0.29) is 29.7 Å². The third-order valence-corrected chi connectivity index (χ3v) is 6.94. The van der Waals surface area contributed by atoms with Crippen molar-refractivity contribution in [3.63, 3.8) is 0 Å². The molecule has 11 heteroatoms. The summed E-state index contributed by atoms with van der Waals surface area (Å²) in [4.78, 5) is 24.6. The molecule has 2 bridgehead atoms. The summed E-state index contributed by atoms with van der Waals surface area (Å²) >= 11 is 0. The van der Waals surface area contributed by atoms with Crippen LogP contribution in [-0.4, -0.2) is 54.4 Å². The molecular weight excluding hydrogens is 447 g/mol. The van der Waals surface area contributed by atoms with Gasteiger partial charge in [-0.25, -0.2) is 9.97 Å². The first kappa shape index (κ1) is 22.3. The van der Waals surface area contributed by atoms with Gasteiger partial charge in [0.1, 0.15) is 5.82 Å². The van der Waals surface area contributed by atoms with Gasteiger partial charge < -0.3 is 10.2 Å². The zero-order valence-corrected chi connectivity index (χ0v) is 18.7. The molecule has 0 radical (unpaired) electrons. The number of hydrogen-bond acceptors (Lipinski definition) is 6. The van der Waals surface area contributed by atoms with E-state index in [0.29, 0.717) is 29.9 Å². The van der Waals surface area contributed by atoms with E-state index in [1.54, 1.807) is 12.4 Å². The lowest BCUT2D eigenvalue weighted by Crippen LogP contribution is -2.64. The van der Waals surface area contributed by atoms with Gasteiger partial charge in [0.15, 0.2) is 5.69 Å². The molecule has 0 spiro atoms. The maximum atomic E-state index is 13.9. The summed E-state index contributed by atoms with van der Waals surface area (Å²) in [6.07, 6.45) is 2.27. The number of hydrogen-bond donors (Lipinski definition) is 1. The number of amides is 1. The normalized spacial score (nSPS) is 24.0. The lowest BCUT2D eigenvalue weighted by Gasteiger charge is -2.57. The first-order chi connectivity index (χ1) is 16.2. The first-order valence-corrected chi connectivity index (χ1v) is 11.2. The molecule has 1 saturated carbocycles. The lowest BCUT2D eigenvalue weighted by atomic mass is 9.64. The van der Waals surface area contributed by atoms with E-state index in [4.69, 9.17) is 0 Å². The number of carbonyl (C=O) groups is 1. The molecular formula is C23H24F3N7O. The average Bonchev–Trinajstić information content (AvgIpc) is 3.31. The highest BCUT2D eigenvalue weighted by atomic mass is 19.4. The predicted molar refractivity (Wildman–Crippen MR) is 117 cm³/mol. The molecule has 6 rings (SSSR count). The van der Waals surface area contributed by atoms with Crippen molar-refractivity contribution in [1.82, 2.24) is 29.9 Å². The molecule has 8 nitrogen and oxygen atoms in total. The molecule has 4 heterocycles. The molecule has 3 aliphatic rings. The van der Waals surface area contributed by atoms with Crippen LogP contribution in [0.25, 0.3) is 5.69 Å². The van der Waals surface area contributed by atoms with Gasteiger partial charge in [0.2, 0.25) is 0 Å². The van der Waals surface area contributed by atoms with Gasteiger partial charge in [-0.1, -0.05) is 18.6 Å². The Bertz CT molecular complexity index is 1170. The number of anilines is 1. The Kier molecular flexibility index (Phi) is 5.49. The molecule has 3 aromatic rings. The van der Waals surface area contributed by atoms with Gasteiger partial charge >= 0.3 is 6.18 Å². The van der Waals surface area contributed by atoms with Gasteiger partial charge in [-0.05, 0) is 43.7 Å². The maximum Gasteiger partial charge on any atom is 0.434 e. The number of aromatic nitrogens is 5. The second kappa shape index (κ2) is 8.37. The number of benzene rings is 1. The fourth-order valence-electron chi connectivity index (χ4n) is 4.97. The Balaban J connectivity index is 1.40. The summed E-state index contributed by atoms with van der Waals surface area (Å²) in [5.74, 6) is 0.879. The van der Waals surface area contributed by atoms with Crippen molar-refractivity contribution in [3.05, 3.63) is 59.8 Å². The standard InChI is InChI=1S/C23H24F3N7O/c1-13-3-4-18(33-30-5-6-31-33)17(7-13)22(34)32-16-8-15(9-16)14(2)19(32)10-28-21-12-27-20(11-29-21)23(24,25)26/h3-7,11-12,14-16,19H,8-10H2,1-2H3,(H,28,29)/t14-,15?,16?,19-/m1/s1. The number of fused-ring (bicyclic) bond motifs is 2. The smallest absolute Gasteiger partial charge is 0.367 e. The monoisotopic (exact) mass is 471 g/mol. The minimum absolute atomic E-state index is 0.101. The minimum atomic E-state index is -4.54. The Morgan fingerprint density at radius 3 is 2.53 bits per heavy atom. The Morgan fingerprint density at radius 2 is 1.88 bits per heavy atom. The van der Waals surface area contributed by atoms with Crippen molar-refractivity contribution < 1.29 is 18.0 Å². The SMILES string of the molecule is Cc1ccc(-n2nccn2)c(C(=O)N2C3CC(C3)[C@@H](C)[C@H]2CNc2cnc(C(F)(F)F)cn2)c1. The first-order valence-electron chi connectivity index (χ1n) is 11.2. The number of halogens is 3. The molecule has 178 valence electrons. The molecule has 1 aromatic carbocycles. The van der Waals surface area contributed by atoms with Crippen molar-refractivity contribution in [2.24, 2.45) is 11.8 Å². The van der Waals surface area contributed by atoms with Gasteiger partial charge in [0.25, 0.3) is 5.91 Å². The van der Waals surface area contributed by atoms with Crippen LogP contribution in [0.4, 0.5) is 19.0 Å². The van der Waals surface area contributed by atoms with Crippen molar-refractivity contribution in [2.75, 3.05) is 11.9 Å². The van der Waals surface area contributed by atoms with Gasteiger partial charge in [0, 0.05) is 12.6 Å². The Hall–Kier alpha value is -3.50. The zero-order valence-electron chi connectivity index (χ0n) is 18.7. The van der Waals surface area contributed by atoms with Gasteiger partial charge in [-0.2, -0.15) is 28.2 Å². The molecule has 0 unspecified atom stereocenters. The van der Waals surface area contributed by atoms with Crippen molar-refractivity contribution >= 4 is 11.7 Å². The molecule has 2 atom stereocenters. The molecule has 1 aliphatic carbocycles. The average molecular weight is 471 g/mol. The number of piperidine rings is 2. The van der Waals surface area contributed by atoms with Crippen LogP contribution < -0.4 is 5.32 Å². The summed E-state index contributed by atoms with van der Waals surface area (Å²) in [5.41, 5.74) is 1.04. The number of nitrogens with zero attached hydrogens (tertiary/aromatic N) is 6. The number of rotatable bonds is 5. The van der Waals surface area contributed by atoms with E-state index >= 15 is 0 Å². The van der Waals surface area contributed by atoms with E-state index in [1.165, 1.54) is 4.80 Å². The van der Waals surface area contributed by atoms with E-state index in [9.17, 15) is 18.0 Å². The lowest BCUT2D eigenvalue weighted by molar-refractivity contribution is -0.141. The van der Waals surface area contributed by atoms with Gasteiger partial charge in [-0.15, -0.1) is 0 Å². The minimum Gasteiger partial charge on any atom is -0.367 e. The second-order valence-electron chi connectivity index (χ2n) is 9.03. The van der Waals surface area contributed by atoms with Crippen LogP contribution in [0, 0.1) is 18.8 Å². The van der Waals surface area contributed by atoms with E-state index < -0.39 is 11.9 Å². The predicted octanol–water partition coefficient (Wildman–Crippen LogP) is 3.74. The van der Waals surface area contributed by atoms with Crippen LogP contribution in [-0.2, 0) is 6.18 Å². The van der Waals surface area contributed by atoms with E-state index in [1.807, 2.05) is 30.0 Å². The summed E-state index contributed by atoms with van der Waals surface area (Å²) < 4.78 is 38.3. The molecule has 2 aliphatic heterocycles. The largest absolute Gasteiger partial charge is 0.434 e. The van der Waals surface area contributed by atoms with Crippen LogP contribution in [0.5, 0.6) is 0 Å². The Labute approximate surface area is 194 Å². The van der Waals surface area contributed by atoms with Crippen molar-refractivity contribution in [3.8, 4) is 5.69 Å². The summed E-state index contributed by atoms with van der Waals surface area (Å²) in [6.45, 7) is 4.41. The van der Waals surface area contributed by atoms with Crippen LogP contribution >= 0.6 is 0 Å². The highest BCUT2D eigenvalue weighted by Crippen LogP contribution is 2.47. The molecule has 34 heavy (non-hydrogen) atoms. The molecule has 1 N–H and O–H groups in total. The van der Waals surface area contributed by atoms with E-state index in [2.05, 4.69) is 32.4 Å². The quantitative estimate of drug-likeness (QED) is 0.610. The fourth-order valence-corrected chi connectivity index (χ4v) is 4.97. The van der Waals surface area contributed by atoms with Crippen LogP contribution in [0.15, 0.2) is 43.0 Å².